The molecule has 0 aliphatic carbocycles. The highest BCUT2D eigenvalue weighted by Crippen LogP contribution is 2.28. The average molecular weight is 325 g/mol. The topological polar surface area (TPSA) is 74.6 Å². The summed E-state index contributed by atoms with van der Waals surface area (Å²) in [6, 6.07) is 8.69. The Morgan fingerprint density at radius 3 is 2.24 bits per heavy atom. The van der Waals surface area contributed by atoms with Crippen LogP contribution in [0.1, 0.15) is 21.5 Å². The molecule has 6 heteroatoms. The summed E-state index contributed by atoms with van der Waals surface area (Å²) in [6.07, 6.45) is -0.386. The first-order chi connectivity index (χ1) is 9.90. The van der Waals surface area contributed by atoms with Crippen molar-refractivity contribution in [2.24, 2.45) is 0 Å². The van der Waals surface area contributed by atoms with Gasteiger partial charge in [-0.2, -0.15) is 0 Å². The summed E-state index contributed by atoms with van der Waals surface area (Å²) in [5, 5.41) is 18.8. The van der Waals surface area contributed by atoms with E-state index < -0.39 is 11.8 Å². The maximum Gasteiger partial charge on any atom is 0.307 e. The number of ketones is 1. The molecule has 0 fully saturated rings. The van der Waals surface area contributed by atoms with Crippen molar-refractivity contribution < 1.29 is 19.8 Å². The zero-order chi connectivity index (χ0) is 15.6. The van der Waals surface area contributed by atoms with Crippen molar-refractivity contribution in [3.63, 3.8) is 0 Å². The van der Waals surface area contributed by atoms with Crippen LogP contribution >= 0.6 is 23.2 Å². The van der Waals surface area contributed by atoms with Gasteiger partial charge >= 0.3 is 5.97 Å². The van der Waals surface area contributed by atoms with Crippen molar-refractivity contribution in [2.75, 3.05) is 0 Å². The normalized spacial score (nSPS) is 10.4. The monoisotopic (exact) mass is 324 g/mol. The molecule has 2 aromatic rings. The Morgan fingerprint density at radius 1 is 1.05 bits per heavy atom. The Morgan fingerprint density at radius 2 is 1.67 bits per heavy atom. The van der Waals surface area contributed by atoms with Crippen molar-refractivity contribution in [1.82, 2.24) is 0 Å². The van der Waals surface area contributed by atoms with Gasteiger partial charge in [-0.1, -0.05) is 29.3 Å². The summed E-state index contributed by atoms with van der Waals surface area (Å²) in [5.74, 6) is -1.72. The van der Waals surface area contributed by atoms with E-state index in [1.165, 1.54) is 18.2 Å². The predicted molar refractivity (Wildman–Crippen MR) is 79.3 cm³/mol. The summed E-state index contributed by atoms with van der Waals surface area (Å²) in [6.45, 7) is 0. The van der Waals surface area contributed by atoms with E-state index in [-0.39, 0.29) is 38.9 Å². The molecular weight excluding hydrogens is 315 g/mol. The number of carbonyl (C=O) groups excluding carboxylic acids is 1. The summed E-state index contributed by atoms with van der Waals surface area (Å²) < 4.78 is 0. The van der Waals surface area contributed by atoms with Gasteiger partial charge in [0.15, 0.2) is 5.78 Å². The van der Waals surface area contributed by atoms with Gasteiger partial charge in [0.05, 0.1) is 22.0 Å². The van der Waals surface area contributed by atoms with Crippen LogP contribution in [-0.4, -0.2) is 22.0 Å². The SMILES string of the molecule is O=C(O)Cc1cc(C(=O)c2c(Cl)cccc2Cl)ccc1O. The average Bonchev–Trinajstić information content (AvgIpc) is 2.40. The lowest BCUT2D eigenvalue weighted by atomic mass is 9.99. The standard InChI is InChI=1S/C15H10Cl2O4/c16-10-2-1-3-11(17)14(10)15(21)8-4-5-12(18)9(6-8)7-13(19)20/h1-6,18H,7H2,(H,19,20). The summed E-state index contributed by atoms with van der Waals surface area (Å²) in [5.41, 5.74) is 0.503. The Balaban J connectivity index is 2.47. The van der Waals surface area contributed by atoms with Crippen LogP contribution in [0.3, 0.4) is 0 Å². The quantitative estimate of drug-likeness (QED) is 0.843. The Labute approximate surface area is 130 Å². The molecule has 21 heavy (non-hydrogen) atoms. The van der Waals surface area contributed by atoms with Crippen molar-refractivity contribution in [3.8, 4) is 5.75 Å². The fraction of sp³-hybridized carbons (Fsp3) is 0.0667. The van der Waals surface area contributed by atoms with Crippen LogP contribution in [-0.2, 0) is 11.2 Å². The van der Waals surface area contributed by atoms with Gasteiger partial charge in [0.25, 0.3) is 0 Å². The molecule has 0 aromatic heterocycles. The number of hydrogen-bond donors (Lipinski definition) is 2. The number of halogens is 2. The summed E-state index contributed by atoms with van der Waals surface area (Å²) >= 11 is 12.0. The second-order valence-electron chi connectivity index (χ2n) is 4.34. The van der Waals surface area contributed by atoms with Crippen LogP contribution < -0.4 is 0 Å². The van der Waals surface area contributed by atoms with E-state index in [0.717, 1.165) is 0 Å². The molecule has 4 nitrogen and oxygen atoms in total. The van der Waals surface area contributed by atoms with Crippen molar-refractivity contribution >= 4 is 35.0 Å². The smallest absolute Gasteiger partial charge is 0.307 e. The van der Waals surface area contributed by atoms with E-state index in [9.17, 15) is 14.7 Å². The van der Waals surface area contributed by atoms with Crippen LogP contribution in [0.15, 0.2) is 36.4 Å². The van der Waals surface area contributed by atoms with E-state index in [4.69, 9.17) is 28.3 Å². The second-order valence-corrected chi connectivity index (χ2v) is 5.15. The third-order valence-electron chi connectivity index (χ3n) is 2.87. The van der Waals surface area contributed by atoms with Crippen LogP contribution in [0.5, 0.6) is 5.75 Å². The number of aliphatic carboxylic acids is 1. The lowest BCUT2D eigenvalue weighted by Gasteiger charge is -2.08. The largest absolute Gasteiger partial charge is 0.508 e. The third-order valence-corrected chi connectivity index (χ3v) is 3.50. The number of benzene rings is 2. The van der Waals surface area contributed by atoms with Gasteiger partial charge < -0.3 is 10.2 Å². The molecule has 0 atom stereocenters. The molecule has 0 aliphatic rings. The number of rotatable bonds is 4. The molecule has 0 bridgehead atoms. The van der Waals surface area contributed by atoms with Gasteiger partial charge in [0.1, 0.15) is 5.75 Å². The summed E-state index contributed by atoms with van der Waals surface area (Å²) in [4.78, 5) is 23.2. The number of phenols is 1. The number of carbonyl (C=O) groups is 2. The zero-order valence-electron chi connectivity index (χ0n) is 10.6. The van der Waals surface area contributed by atoms with E-state index >= 15 is 0 Å². The molecule has 0 radical (unpaired) electrons. The van der Waals surface area contributed by atoms with Gasteiger partial charge in [0.2, 0.25) is 0 Å². The molecule has 2 rings (SSSR count). The Bertz CT molecular complexity index is 705. The first kappa shape index (κ1) is 15.4. The molecule has 2 aromatic carbocycles. The van der Waals surface area contributed by atoms with Crippen LogP contribution in [0, 0.1) is 0 Å². The molecule has 108 valence electrons. The minimum Gasteiger partial charge on any atom is -0.508 e. The van der Waals surface area contributed by atoms with Crippen LogP contribution in [0.4, 0.5) is 0 Å². The van der Waals surface area contributed by atoms with Crippen molar-refractivity contribution in [1.29, 1.82) is 0 Å². The number of carboxylic acids is 1. The molecule has 2 N–H and O–H groups in total. The number of aromatic hydroxyl groups is 1. The molecule has 0 unspecified atom stereocenters. The molecule has 0 heterocycles. The molecule has 0 aliphatic heterocycles. The van der Waals surface area contributed by atoms with E-state index in [2.05, 4.69) is 0 Å². The van der Waals surface area contributed by atoms with Crippen molar-refractivity contribution in [3.05, 3.63) is 63.1 Å². The van der Waals surface area contributed by atoms with Crippen LogP contribution in [0.2, 0.25) is 10.0 Å². The number of carboxylic acid groups (broad SMARTS) is 1. The number of phenolic OH excluding ortho intramolecular Hbond substituents is 1. The predicted octanol–water partition coefficient (Wildman–Crippen LogP) is 3.56. The van der Waals surface area contributed by atoms with Crippen LogP contribution in [0.25, 0.3) is 0 Å². The highest BCUT2D eigenvalue weighted by atomic mass is 35.5. The first-order valence-electron chi connectivity index (χ1n) is 5.92. The zero-order valence-corrected chi connectivity index (χ0v) is 12.1. The van der Waals surface area contributed by atoms with Gasteiger partial charge in [0, 0.05) is 11.1 Å². The molecular formula is C15H10Cl2O4. The fourth-order valence-electron chi connectivity index (χ4n) is 1.89. The van der Waals surface area contributed by atoms with E-state index in [0.29, 0.717) is 0 Å². The van der Waals surface area contributed by atoms with Crippen molar-refractivity contribution in [2.45, 2.75) is 6.42 Å². The first-order valence-corrected chi connectivity index (χ1v) is 6.68. The fourth-order valence-corrected chi connectivity index (χ4v) is 2.46. The van der Waals surface area contributed by atoms with E-state index in [1.54, 1.807) is 18.2 Å². The highest BCUT2D eigenvalue weighted by Gasteiger charge is 2.18. The molecule has 0 amide bonds. The van der Waals surface area contributed by atoms with Gasteiger partial charge in [-0.15, -0.1) is 0 Å². The summed E-state index contributed by atoms with van der Waals surface area (Å²) in [7, 11) is 0. The van der Waals surface area contributed by atoms with Gasteiger partial charge in [-0.05, 0) is 30.3 Å². The maximum absolute atomic E-state index is 12.4. The molecule has 0 saturated carbocycles. The third kappa shape index (κ3) is 3.35. The lowest BCUT2D eigenvalue weighted by Crippen LogP contribution is -2.06. The molecule has 0 saturated heterocycles. The molecule has 0 spiro atoms. The Hall–Kier alpha value is -2.04. The minimum atomic E-state index is -1.11. The maximum atomic E-state index is 12.4. The Kier molecular flexibility index (Phi) is 4.50. The van der Waals surface area contributed by atoms with Gasteiger partial charge in [-0.3, -0.25) is 9.59 Å². The number of hydrogen-bond acceptors (Lipinski definition) is 3. The van der Waals surface area contributed by atoms with Gasteiger partial charge in [-0.25, -0.2) is 0 Å². The minimum absolute atomic E-state index is 0.146. The highest BCUT2D eigenvalue weighted by molar-refractivity contribution is 6.41. The van der Waals surface area contributed by atoms with E-state index in [1.807, 2.05) is 0 Å². The second kappa shape index (κ2) is 6.16. The lowest BCUT2D eigenvalue weighted by molar-refractivity contribution is -0.136.